The molecule has 0 aliphatic heterocycles. The summed E-state index contributed by atoms with van der Waals surface area (Å²) in [7, 11) is 0. The molecule has 116 valence electrons. The smallest absolute Gasteiger partial charge is 0.333 e. The van der Waals surface area contributed by atoms with Gasteiger partial charge in [0.2, 0.25) is 0 Å². The van der Waals surface area contributed by atoms with Crippen molar-refractivity contribution >= 4 is 11.4 Å². The van der Waals surface area contributed by atoms with Gasteiger partial charge in [0.25, 0.3) is 0 Å². The van der Waals surface area contributed by atoms with E-state index in [1.54, 1.807) is 25.1 Å². The van der Waals surface area contributed by atoms with Crippen molar-refractivity contribution in [3.63, 3.8) is 0 Å². The Kier molecular flexibility index (Phi) is 4.98. The predicted molar refractivity (Wildman–Crippen MR) is 79.7 cm³/mol. The maximum atomic E-state index is 11.3. The fraction of sp³-hybridized carbons (Fsp3) is 0.571. The summed E-state index contributed by atoms with van der Waals surface area (Å²) < 4.78 is 10.9. The van der Waals surface area contributed by atoms with E-state index >= 15 is 0 Å². The summed E-state index contributed by atoms with van der Waals surface area (Å²) in [6.07, 6.45) is 0.741. The van der Waals surface area contributed by atoms with Gasteiger partial charge in [0.15, 0.2) is 5.75 Å². The van der Waals surface area contributed by atoms with Crippen LogP contribution in [0.4, 0.5) is 11.4 Å². The lowest BCUT2D eigenvalue weighted by Crippen LogP contribution is -2.60. The van der Waals surface area contributed by atoms with Crippen LogP contribution in [-0.4, -0.2) is 36.3 Å². The molecule has 0 amide bonds. The fourth-order valence-corrected chi connectivity index (χ4v) is 2.51. The lowest BCUT2D eigenvalue weighted by Gasteiger charge is -2.42. The molecule has 0 heterocycles. The molecule has 1 aromatic rings. The van der Waals surface area contributed by atoms with Crippen LogP contribution in [0.5, 0.6) is 5.75 Å². The van der Waals surface area contributed by atoms with Gasteiger partial charge in [0.05, 0.1) is 23.7 Å². The molecule has 0 saturated heterocycles. The molecular formula is C14H21N3O4. The molecule has 2 rings (SSSR count). The highest BCUT2D eigenvalue weighted by Gasteiger charge is 2.40. The van der Waals surface area contributed by atoms with Crippen LogP contribution in [-0.2, 0) is 4.74 Å². The van der Waals surface area contributed by atoms with E-state index in [9.17, 15) is 10.1 Å². The largest absolute Gasteiger partial charge is 0.487 e. The molecule has 1 aliphatic rings. The number of nitro benzene ring substituents is 1. The third kappa shape index (κ3) is 3.25. The first kappa shape index (κ1) is 15.5. The van der Waals surface area contributed by atoms with Gasteiger partial charge in [-0.25, -0.2) is 0 Å². The van der Waals surface area contributed by atoms with Crippen molar-refractivity contribution in [1.82, 2.24) is 0 Å². The van der Waals surface area contributed by atoms with E-state index in [-0.39, 0.29) is 29.6 Å². The maximum Gasteiger partial charge on any atom is 0.333 e. The summed E-state index contributed by atoms with van der Waals surface area (Å²) >= 11 is 0. The number of rotatable bonds is 7. The van der Waals surface area contributed by atoms with Crippen molar-refractivity contribution < 1.29 is 14.4 Å². The first-order valence-electron chi connectivity index (χ1n) is 7.12. The van der Waals surface area contributed by atoms with Gasteiger partial charge in [-0.2, -0.15) is 0 Å². The Labute approximate surface area is 123 Å². The van der Waals surface area contributed by atoms with Gasteiger partial charge in [-0.3, -0.25) is 10.1 Å². The Morgan fingerprint density at radius 3 is 2.76 bits per heavy atom. The van der Waals surface area contributed by atoms with Crippen molar-refractivity contribution in [3.8, 4) is 5.75 Å². The number of nitrogens with two attached hydrogens (primary N) is 1. The van der Waals surface area contributed by atoms with Crippen LogP contribution < -0.4 is 15.8 Å². The average Bonchev–Trinajstić information content (AvgIpc) is 2.45. The zero-order valence-corrected chi connectivity index (χ0v) is 12.2. The van der Waals surface area contributed by atoms with E-state index in [0.29, 0.717) is 18.9 Å². The van der Waals surface area contributed by atoms with Crippen LogP contribution in [0.3, 0.4) is 0 Å². The second-order valence-electron chi connectivity index (χ2n) is 4.91. The number of nitrogens with zero attached hydrogens (tertiary/aromatic N) is 1. The maximum absolute atomic E-state index is 11.3. The summed E-state index contributed by atoms with van der Waals surface area (Å²) in [5.41, 5.74) is 6.32. The first-order chi connectivity index (χ1) is 10.1. The second kappa shape index (κ2) is 6.73. The lowest BCUT2D eigenvalue weighted by atomic mass is 9.83. The standard InChI is InChI=1S/C14H21N3O4/c1-3-20-11-7-5-6-10(14(11)17(18)19)16-13-9(15)8-12(13)21-4-2/h5-7,9,12-13,16H,3-4,8,15H2,1-2H3. The van der Waals surface area contributed by atoms with Crippen LogP contribution in [0.2, 0.25) is 0 Å². The normalized spacial score (nSPS) is 24.2. The Morgan fingerprint density at radius 2 is 2.19 bits per heavy atom. The van der Waals surface area contributed by atoms with E-state index in [2.05, 4.69) is 5.32 Å². The van der Waals surface area contributed by atoms with Crippen molar-refractivity contribution in [2.45, 2.75) is 38.5 Å². The zero-order chi connectivity index (χ0) is 15.4. The quantitative estimate of drug-likeness (QED) is 0.589. The summed E-state index contributed by atoms with van der Waals surface area (Å²) in [5, 5.41) is 14.5. The van der Waals surface area contributed by atoms with Crippen molar-refractivity contribution in [2.75, 3.05) is 18.5 Å². The van der Waals surface area contributed by atoms with Gasteiger partial charge >= 0.3 is 5.69 Å². The molecule has 0 radical (unpaired) electrons. The first-order valence-corrected chi connectivity index (χ1v) is 7.12. The van der Waals surface area contributed by atoms with Crippen LogP contribution in [0.15, 0.2) is 18.2 Å². The average molecular weight is 295 g/mol. The molecule has 1 saturated carbocycles. The lowest BCUT2D eigenvalue weighted by molar-refractivity contribution is -0.385. The Bertz CT molecular complexity index is 507. The Balaban J connectivity index is 2.23. The molecular weight excluding hydrogens is 274 g/mol. The second-order valence-corrected chi connectivity index (χ2v) is 4.91. The summed E-state index contributed by atoms with van der Waals surface area (Å²) in [6.45, 7) is 4.67. The third-order valence-corrected chi connectivity index (χ3v) is 3.55. The third-order valence-electron chi connectivity index (χ3n) is 3.55. The fourth-order valence-electron chi connectivity index (χ4n) is 2.51. The molecule has 3 N–H and O–H groups in total. The monoisotopic (exact) mass is 295 g/mol. The summed E-state index contributed by atoms with van der Waals surface area (Å²) in [5.74, 6) is 0.258. The van der Waals surface area contributed by atoms with Gasteiger partial charge in [-0.1, -0.05) is 6.07 Å². The van der Waals surface area contributed by atoms with E-state index < -0.39 is 4.92 Å². The van der Waals surface area contributed by atoms with Gasteiger partial charge in [-0.05, 0) is 32.4 Å². The molecule has 0 aromatic heterocycles. The van der Waals surface area contributed by atoms with E-state index in [4.69, 9.17) is 15.2 Å². The molecule has 7 heteroatoms. The number of nitro groups is 1. The predicted octanol–water partition coefficient (Wildman–Crippen LogP) is 1.91. The summed E-state index contributed by atoms with van der Waals surface area (Å²) in [4.78, 5) is 10.9. The molecule has 3 unspecified atom stereocenters. The molecule has 1 aliphatic carbocycles. The highest BCUT2D eigenvalue weighted by atomic mass is 16.6. The van der Waals surface area contributed by atoms with Crippen LogP contribution in [0.25, 0.3) is 0 Å². The molecule has 1 fully saturated rings. The number of anilines is 1. The zero-order valence-electron chi connectivity index (χ0n) is 12.2. The van der Waals surface area contributed by atoms with E-state index in [1.807, 2.05) is 6.92 Å². The topological polar surface area (TPSA) is 99.7 Å². The van der Waals surface area contributed by atoms with Crippen molar-refractivity contribution in [2.24, 2.45) is 5.73 Å². The molecule has 0 bridgehead atoms. The molecule has 0 spiro atoms. The number of nitrogens with one attached hydrogen (secondary N) is 1. The Hall–Kier alpha value is -1.86. The van der Waals surface area contributed by atoms with Crippen molar-refractivity contribution in [3.05, 3.63) is 28.3 Å². The highest BCUT2D eigenvalue weighted by Crippen LogP contribution is 2.37. The van der Waals surface area contributed by atoms with Gasteiger partial charge in [0.1, 0.15) is 5.69 Å². The Morgan fingerprint density at radius 1 is 1.43 bits per heavy atom. The summed E-state index contributed by atoms with van der Waals surface area (Å²) in [6, 6.07) is 4.78. The van der Waals surface area contributed by atoms with Gasteiger partial charge in [-0.15, -0.1) is 0 Å². The van der Waals surface area contributed by atoms with Gasteiger partial charge in [0, 0.05) is 12.6 Å². The van der Waals surface area contributed by atoms with E-state index in [0.717, 1.165) is 6.42 Å². The minimum atomic E-state index is -0.437. The molecule has 1 aromatic carbocycles. The molecule has 3 atom stereocenters. The number of hydrogen-bond donors (Lipinski definition) is 2. The molecule has 21 heavy (non-hydrogen) atoms. The van der Waals surface area contributed by atoms with Gasteiger partial charge < -0.3 is 20.5 Å². The number of para-hydroxylation sites is 1. The SMILES string of the molecule is CCOc1cccc(NC2C(N)CC2OCC)c1[N+](=O)[O-]. The number of benzene rings is 1. The van der Waals surface area contributed by atoms with E-state index in [1.165, 1.54) is 0 Å². The van der Waals surface area contributed by atoms with Crippen molar-refractivity contribution in [1.29, 1.82) is 0 Å². The minimum Gasteiger partial charge on any atom is -0.487 e. The van der Waals surface area contributed by atoms with Crippen LogP contribution in [0, 0.1) is 10.1 Å². The van der Waals surface area contributed by atoms with Crippen LogP contribution in [0.1, 0.15) is 20.3 Å². The highest BCUT2D eigenvalue weighted by molar-refractivity contribution is 5.69. The number of ether oxygens (including phenoxy) is 2. The van der Waals surface area contributed by atoms with Crippen LogP contribution >= 0.6 is 0 Å². The minimum absolute atomic E-state index is 0.0136. The number of hydrogen-bond acceptors (Lipinski definition) is 6. The molecule has 7 nitrogen and oxygen atoms in total.